The molecule has 8 nitrogen and oxygen atoms in total. The first kappa shape index (κ1) is 14.4. The Morgan fingerprint density at radius 2 is 2.15 bits per heavy atom. The molecular formula is C11H14N4O4S. The number of aromatic nitrogens is 3. The van der Waals surface area contributed by atoms with Crippen LogP contribution in [0.5, 0.6) is 0 Å². The van der Waals surface area contributed by atoms with Crippen molar-refractivity contribution in [3.8, 4) is 0 Å². The van der Waals surface area contributed by atoms with Crippen LogP contribution in [0.4, 0.5) is 0 Å². The number of carboxylic acids is 1. The van der Waals surface area contributed by atoms with Gasteiger partial charge in [-0.1, -0.05) is 0 Å². The number of rotatable bonds is 4. The van der Waals surface area contributed by atoms with Crippen molar-refractivity contribution in [3.63, 3.8) is 0 Å². The molecule has 0 aliphatic heterocycles. The minimum atomic E-state index is -3.93. The number of aliphatic carboxylic acids is 1. The summed E-state index contributed by atoms with van der Waals surface area (Å²) in [4.78, 5) is 14.7. The zero-order chi connectivity index (χ0) is 15.1. The van der Waals surface area contributed by atoms with Crippen molar-refractivity contribution in [2.75, 3.05) is 0 Å². The van der Waals surface area contributed by atoms with Crippen LogP contribution in [0, 0.1) is 6.92 Å². The van der Waals surface area contributed by atoms with Gasteiger partial charge in [-0.2, -0.15) is 9.82 Å². The highest BCUT2D eigenvalue weighted by atomic mass is 32.2. The fourth-order valence-electron chi connectivity index (χ4n) is 1.79. The summed E-state index contributed by atoms with van der Waals surface area (Å²) in [5.74, 6) is -1.25. The van der Waals surface area contributed by atoms with Crippen LogP contribution in [0.25, 0.3) is 11.0 Å². The van der Waals surface area contributed by atoms with Gasteiger partial charge < -0.3 is 5.11 Å². The number of carbonyl (C=O) groups is 1. The lowest BCUT2D eigenvalue weighted by atomic mass is 10.3. The summed E-state index contributed by atoms with van der Waals surface area (Å²) >= 11 is 0. The molecule has 0 radical (unpaired) electrons. The van der Waals surface area contributed by atoms with Crippen LogP contribution in [-0.2, 0) is 21.9 Å². The molecule has 2 rings (SSSR count). The van der Waals surface area contributed by atoms with Crippen LogP contribution in [0.15, 0.2) is 17.2 Å². The third kappa shape index (κ3) is 2.49. The molecule has 2 N–H and O–H groups in total. The molecule has 0 bridgehead atoms. The summed E-state index contributed by atoms with van der Waals surface area (Å²) in [5, 5.41) is 13.5. The smallest absolute Gasteiger partial charge is 0.321 e. The minimum absolute atomic E-state index is 0.0887. The number of nitrogens with one attached hydrogen (secondary N) is 1. The molecule has 0 saturated heterocycles. The van der Waals surface area contributed by atoms with E-state index in [1.165, 1.54) is 19.2 Å². The normalized spacial score (nSPS) is 13.6. The van der Waals surface area contributed by atoms with Gasteiger partial charge in [0.1, 0.15) is 10.9 Å². The fraction of sp³-hybridized carbons (Fsp3) is 0.364. The largest absolute Gasteiger partial charge is 0.480 e. The Kier molecular flexibility index (Phi) is 3.48. The number of hydrogen-bond donors (Lipinski definition) is 2. The van der Waals surface area contributed by atoms with E-state index in [-0.39, 0.29) is 4.90 Å². The van der Waals surface area contributed by atoms with Crippen molar-refractivity contribution in [3.05, 3.63) is 18.0 Å². The van der Waals surface area contributed by atoms with E-state index < -0.39 is 22.0 Å². The molecule has 20 heavy (non-hydrogen) atoms. The van der Waals surface area contributed by atoms with E-state index in [1.54, 1.807) is 18.7 Å². The maximum Gasteiger partial charge on any atom is 0.321 e. The monoisotopic (exact) mass is 298 g/mol. The molecule has 108 valence electrons. The summed E-state index contributed by atoms with van der Waals surface area (Å²) in [5.41, 5.74) is 1.21. The van der Waals surface area contributed by atoms with Crippen LogP contribution in [0.1, 0.15) is 12.6 Å². The Balaban J connectivity index is 2.47. The minimum Gasteiger partial charge on any atom is -0.480 e. The number of fused-ring (bicyclic) bond motifs is 1. The van der Waals surface area contributed by atoms with Gasteiger partial charge in [0, 0.05) is 18.6 Å². The van der Waals surface area contributed by atoms with Gasteiger partial charge >= 0.3 is 5.97 Å². The summed E-state index contributed by atoms with van der Waals surface area (Å²) in [6.45, 7) is 2.99. The molecule has 0 aromatic carbocycles. The molecule has 0 aliphatic carbocycles. The van der Waals surface area contributed by atoms with Crippen molar-refractivity contribution < 1.29 is 18.3 Å². The number of nitrogens with zero attached hydrogens (tertiary/aromatic N) is 3. The van der Waals surface area contributed by atoms with Crippen LogP contribution >= 0.6 is 0 Å². The van der Waals surface area contributed by atoms with Crippen molar-refractivity contribution in [1.82, 2.24) is 19.5 Å². The number of hydrogen-bond acceptors (Lipinski definition) is 5. The standard InChI is InChI=1S/C11H14N4O4S/c1-6-9-4-8(5-12-10(9)15(3)13-6)20(18,19)14-7(2)11(16)17/h4-5,7,14H,1-3H3,(H,16,17)/t7-/m1/s1. The zero-order valence-electron chi connectivity index (χ0n) is 11.2. The molecule has 9 heteroatoms. The lowest BCUT2D eigenvalue weighted by Gasteiger charge is -2.10. The van der Waals surface area contributed by atoms with Crippen LogP contribution in [0.3, 0.4) is 0 Å². The second-order valence-corrected chi connectivity index (χ2v) is 6.15. The van der Waals surface area contributed by atoms with E-state index in [0.717, 1.165) is 0 Å². The molecule has 0 saturated carbocycles. The third-order valence-electron chi connectivity index (χ3n) is 2.85. The number of pyridine rings is 1. The van der Waals surface area contributed by atoms with Crippen LogP contribution in [-0.4, -0.2) is 40.3 Å². The van der Waals surface area contributed by atoms with E-state index >= 15 is 0 Å². The maximum atomic E-state index is 12.1. The first-order chi connectivity index (χ1) is 9.22. The predicted octanol–water partition coefficient (Wildman–Crippen LogP) is 0.0281. The lowest BCUT2D eigenvalue weighted by molar-refractivity contribution is -0.138. The summed E-state index contributed by atoms with van der Waals surface area (Å²) < 4.78 is 27.8. The molecule has 0 amide bonds. The van der Waals surface area contributed by atoms with E-state index in [4.69, 9.17) is 5.11 Å². The van der Waals surface area contributed by atoms with Gasteiger partial charge in [-0.3, -0.25) is 9.48 Å². The number of carboxylic acid groups (broad SMARTS) is 1. The van der Waals surface area contributed by atoms with E-state index in [0.29, 0.717) is 16.7 Å². The van der Waals surface area contributed by atoms with Gasteiger partial charge in [0.2, 0.25) is 10.0 Å². The zero-order valence-corrected chi connectivity index (χ0v) is 12.0. The molecule has 2 aromatic rings. The SMILES string of the molecule is Cc1nn(C)c2ncc(S(=O)(=O)N[C@H](C)C(=O)O)cc12. The van der Waals surface area contributed by atoms with Crippen LogP contribution in [0.2, 0.25) is 0 Å². The third-order valence-corrected chi connectivity index (χ3v) is 4.36. The number of sulfonamides is 1. The first-order valence-electron chi connectivity index (χ1n) is 5.77. The molecule has 0 unspecified atom stereocenters. The molecule has 0 spiro atoms. The second-order valence-electron chi connectivity index (χ2n) is 4.43. The van der Waals surface area contributed by atoms with Gasteiger partial charge in [0.25, 0.3) is 0 Å². The molecule has 0 aliphatic rings. The Hall–Kier alpha value is -2.00. The second kappa shape index (κ2) is 4.84. The van der Waals surface area contributed by atoms with E-state index in [9.17, 15) is 13.2 Å². The lowest BCUT2D eigenvalue weighted by Crippen LogP contribution is -2.38. The summed E-state index contributed by atoms with van der Waals surface area (Å²) in [6, 6.07) is 0.215. The molecule has 2 aromatic heterocycles. The molecule has 0 fully saturated rings. The van der Waals surface area contributed by atoms with Crippen molar-refractivity contribution in [2.45, 2.75) is 24.8 Å². The van der Waals surface area contributed by atoms with Gasteiger partial charge in [-0.15, -0.1) is 0 Å². The van der Waals surface area contributed by atoms with Crippen molar-refractivity contribution in [1.29, 1.82) is 0 Å². The molecular weight excluding hydrogens is 284 g/mol. The number of aryl methyl sites for hydroxylation is 2. The average Bonchev–Trinajstić information content (AvgIpc) is 2.64. The van der Waals surface area contributed by atoms with Crippen molar-refractivity contribution in [2.24, 2.45) is 7.05 Å². The van der Waals surface area contributed by atoms with Gasteiger partial charge in [0.15, 0.2) is 5.65 Å². The molecule has 2 heterocycles. The van der Waals surface area contributed by atoms with E-state index in [2.05, 4.69) is 14.8 Å². The Morgan fingerprint density at radius 1 is 1.50 bits per heavy atom. The maximum absolute atomic E-state index is 12.1. The van der Waals surface area contributed by atoms with Gasteiger partial charge in [-0.05, 0) is 19.9 Å². The Morgan fingerprint density at radius 3 is 2.75 bits per heavy atom. The quantitative estimate of drug-likeness (QED) is 0.823. The highest BCUT2D eigenvalue weighted by Crippen LogP contribution is 2.19. The molecule has 1 atom stereocenters. The Labute approximate surface area is 115 Å². The summed E-state index contributed by atoms with van der Waals surface area (Å²) in [7, 11) is -2.22. The van der Waals surface area contributed by atoms with Crippen LogP contribution < -0.4 is 4.72 Å². The van der Waals surface area contributed by atoms with Gasteiger partial charge in [-0.25, -0.2) is 13.4 Å². The van der Waals surface area contributed by atoms with Crippen molar-refractivity contribution >= 4 is 27.0 Å². The van der Waals surface area contributed by atoms with E-state index in [1.807, 2.05) is 0 Å². The Bertz CT molecular complexity index is 781. The van der Waals surface area contributed by atoms with Gasteiger partial charge in [0.05, 0.1) is 5.69 Å². The highest BCUT2D eigenvalue weighted by molar-refractivity contribution is 7.89. The predicted molar refractivity (Wildman–Crippen MR) is 70.7 cm³/mol. The first-order valence-corrected chi connectivity index (χ1v) is 7.25. The topological polar surface area (TPSA) is 114 Å². The summed E-state index contributed by atoms with van der Waals surface area (Å²) in [6.07, 6.45) is 1.18. The average molecular weight is 298 g/mol. The fourth-order valence-corrected chi connectivity index (χ4v) is 2.95. The highest BCUT2D eigenvalue weighted by Gasteiger charge is 2.22.